The Kier molecular flexibility index (Phi) is 4.85. The van der Waals surface area contributed by atoms with Crippen LogP contribution in [0, 0.1) is 6.92 Å². The molecule has 0 aliphatic carbocycles. The molecule has 2 heterocycles. The zero-order chi connectivity index (χ0) is 17.1. The topological polar surface area (TPSA) is 75.4 Å². The number of anilines is 1. The number of hydrogen-bond acceptors (Lipinski definition) is 4. The number of amides is 2. The molecule has 7 heteroatoms. The lowest BCUT2D eigenvalue weighted by atomic mass is 10.1. The van der Waals surface area contributed by atoms with E-state index in [1.165, 1.54) is 0 Å². The van der Waals surface area contributed by atoms with Crippen LogP contribution in [0.15, 0.2) is 34.9 Å². The van der Waals surface area contributed by atoms with Crippen LogP contribution in [-0.4, -0.2) is 34.5 Å². The minimum absolute atomic E-state index is 0.0636. The molecule has 1 fully saturated rings. The van der Waals surface area contributed by atoms with E-state index < -0.39 is 6.04 Å². The van der Waals surface area contributed by atoms with Gasteiger partial charge in [-0.05, 0) is 37.5 Å². The van der Waals surface area contributed by atoms with E-state index in [0.29, 0.717) is 29.6 Å². The fourth-order valence-electron chi connectivity index (χ4n) is 2.85. The van der Waals surface area contributed by atoms with Gasteiger partial charge in [0.05, 0.1) is 6.42 Å². The van der Waals surface area contributed by atoms with Crippen LogP contribution in [0.1, 0.15) is 24.2 Å². The van der Waals surface area contributed by atoms with Crippen molar-refractivity contribution in [3.63, 3.8) is 0 Å². The summed E-state index contributed by atoms with van der Waals surface area (Å²) in [5, 5.41) is 7.09. The average molecular weight is 348 g/mol. The third kappa shape index (κ3) is 3.76. The average Bonchev–Trinajstić information content (AvgIpc) is 3.18. The minimum Gasteiger partial charge on any atom is -0.360 e. The van der Waals surface area contributed by atoms with Gasteiger partial charge in [-0.1, -0.05) is 28.9 Å². The van der Waals surface area contributed by atoms with E-state index >= 15 is 0 Å². The SMILES string of the molecule is Cc1cc(NC(=O)[C@@H]2CCCN2C(=O)Cc2ccc(Cl)cc2)no1. The van der Waals surface area contributed by atoms with Gasteiger partial charge < -0.3 is 14.7 Å². The summed E-state index contributed by atoms with van der Waals surface area (Å²) in [6.45, 7) is 2.34. The molecule has 1 saturated heterocycles. The summed E-state index contributed by atoms with van der Waals surface area (Å²) in [4.78, 5) is 26.6. The molecule has 6 nitrogen and oxygen atoms in total. The molecule has 1 aromatic heterocycles. The van der Waals surface area contributed by atoms with Crippen molar-refractivity contribution in [1.82, 2.24) is 10.1 Å². The quantitative estimate of drug-likeness (QED) is 0.922. The molecular formula is C17H18ClN3O3. The lowest BCUT2D eigenvalue weighted by Gasteiger charge is -2.23. The zero-order valence-electron chi connectivity index (χ0n) is 13.3. The number of aromatic nitrogens is 1. The number of nitrogens with zero attached hydrogens (tertiary/aromatic N) is 2. The first-order chi connectivity index (χ1) is 11.5. The molecule has 1 aliphatic rings. The highest BCUT2D eigenvalue weighted by atomic mass is 35.5. The maximum absolute atomic E-state index is 12.5. The van der Waals surface area contributed by atoms with E-state index in [1.54, 1.807) is 30.0 Å². The monoisotopic (exact) mass is 347 g/mol. The van der Waals surface area contributed by atoms with Crippen molar-refractivity contribution in [1.29, 1.82) is 0 Å². The molecule has 0 spiro atoms. The highest BCUT2D eigenvalue weighted by Gasteiger charge is 2.34. The van der Waals surface area contributed by atoms with Crippen LogP contribution in [0.3, 0.4) is 0 Å². The summed E-state index contributed by atoms with van der Waals surface area (Å²) in [6.07, 6.45) is 1.71. The molecule has 1 N–H and O–H groups in total. The van der Waals surface area contributed by atoms with Gasteiger partial charge in [0.25, 0.3) is 0 Å². The van der Waals surface area contributed by atoms with Crippen LogP contribution in [-0.2, 0) is 16.0 Å². The van der Waals surface area contributed by atoms with Crippen LogP contribution in [0.5, 0.6) is 0 Å². The smallest absolute Gasteiger partial charge is 0.248 e. The van der Waals surface area contributed by atoms with Crippen molar-refractivity contribution in [2.45, 2.75) is 32.2 Å². The van der Waals surface area contributed by atoms with Crippen molar-refractivity contribution in [3.8, 4) is 0 Å². The Morgan fingerprint density at radius 1 is 1.38 bits per heavy atom. The number of halogens is 1. The Bertz CT molecular complexity index is 742. The molecule has 126 valence electrons. The highest BCUT2D eigenvalue weighted by Crippen LogP contribution is 2.21. The van der Waals surface area contributed by atoms with Gasteiger partial charge in [0.2, 0.25) is 11.8 Å². The Morgan fingerprint density at radius 2 is 2.12 bits per heavy atom. The van der Waals surface area contributed by atoms with Crippen LogP contribution < -0.4 is 5.32 Å². The van der Waals surface area contributed by atoms with E-state index in [9.17, 15) is 9.59 Å². The van der Waals surface area contributed by atoms with Gasteiger partial charge in [-0.25, -0.2) is 0 Å². The maximum atomic E-state index is 12.5. The molecule has 0 bridgehead atoms. The van der Waals surface area contributed by atoms with Gasteiger partial charge in [-0.2, -0.15) is 0 Å². The standard InChI is InChI=1S/C17H18ClN3O3/c1-11-9-15(20-24-11)19-17(23)14-3-2-8-21(14)16(22)10-12-4-6-13(18)7-5-12/h4-7,9,14H,2-3,8,10H2,1H3,(H,19,20,23)/t14-/m0/s1. The van der Waals surface area contributed by atoms with Crippen molar-refractivity contribution in [2.24, 2.45) is 0 Å². The van der Waals surface area contributed by atoms with Gasteiger partial charge in [0, 0.05) is 17.6 Å². The van der Waals surface area contributed by atoms with Crippen LogP contribution in [0.25, 0.3) is 0 Å². The first-order valence-corrected chi connectivity index (χ1v) is 8.19. The lowest BCUT2D eigenvalue weighted by molar-refractivity contribution is -0.136. The summed E-state index contributed by atoms with van der Waals surface area (Å²) < 4.78 is 4.93. The number of rotatable bonds is 4. The third-order valence-electron chi connectivity index (χ3n) is 4.02. The van der Waals surface area contributed by atoms with E-state index in [-0.39, 0.29) is 18.2 Å². The Balaban J connectivity index is 1.64. The van der Waals surface area contributed by atoms with Crippen molar-refractivity contribution in [3.05, 3.63) is 46.7 Å². The second-order valence-corrected chi connectivity index (χ2v) is 6.30. The largest absolute Gasteiger partial charge is 0.360 e. The molecular weight excluding hydrogens is 330 g/mol. The predicted molar refractivity (Wildman–Crippen MR) is 89.8 cm³/mol. The zero-order valence-corrected chi connectivity index (χ0v) is 14.0. The van der Waals surface area contributed by atoms with Crippen molar-refractivity contribution in [2.75, 3.05) is 11.9 Å². The van der Waals surface area contributed by atoms with E-state index in [1.807, 2.05) is 12.1 Å². The molecule has 0 unspecified atom stereocenters. The normalized spacial score (nSPS) is 17.1. The molecule has 1 aliphatic heterocycles. The fourth-order valence-corrected chi connectivity index (χ4v) is 2.98. The fraction of sp³-hybridized carbons (Fsp3) is 0.353. The molecule has 1 aromatic carbocycles. The molecule has 2 amide bonds. The molecule has 2 aromatic rings. The number of likely N-dealkylation sites (tertiary alicyclic amines) is 1. The third-order valence-corrected chi connectivity index (χ3v) is 4.28. The number of carbonyl (C=O) groups excluding carboxylic acids is 2. The minimum atomic E-state index is -0.471. The predicted octanol–water partition coefficient (Wildman–Crippen LogP) is 2.81. The Labute approximate surface area is 144 Å². The summed E-state index contributed by atoms with van der Waals surface area (Å²) in [5.41, 5.74) is 0.877. The summed E-state index contributed by atoms with van der Waals surface area (Å²) in [7, 11) is 0. The molecule has 0 radical (unpaired) electrons. The summed E-state index contributed by atoms with van der Waals surface area (Å²) in [5.74, 6) is 0.693. The molecule has 0 saturated carbocycles. The van der Waals surface area contributed by atoms with Crippen molar-refractivity contribution < 1.29 is 14.1 Å². The number of nitrogens with one attached hydrogen (secondary N) is 1. The van der Waals surface area contributed by atoms with Gasteiger partial charge in [0.1, 0.15) is 11.8 Å². The second kappa shape index (κ2) is 7.05. The first kappa shape index (κ1) is 16.5. The van der Waals surface area contributed by atoms with E-state index in [4.69, 9.17) is 16.1 Å². The molecule has 3 rings (SSSR count). The van der Waals surface area contributed by atoms with Crippen LogP contribution in [0.4, 0.5) is 5.82 Å². The van der Waals surface area contributed by atoms with Gasteiger partial charge in [-0.15, -0.1) is 0 Å². The highest BCUT2D eigenvalue weighted by molar-refractivity contribution is 6.30. The number of benzene rings is 1. The van der Waals surface area contributed by atoms with Gasteiger partial charge in [0.15, 0.2) is 5.82 Å². The molecule has 1 atom stereocenters. The Hall–Kier alpha value is -2.34. The van der Waals surface area contributed by atoms with Crippen LogP contribution >= 0.6 is 11.6 Å². The van der Waals surface area contributed by atoms with Crippen molar-refractivity contribution >= 4 is 29.2 Å². The number of hydrogen-bond donors (Lipinski definition) is 1. The van der Waals surface area contributed by atoms with Gasteiger partial charge in [-0.3, -0.25) is 9.59 Å². The summed E-state index contributed by atoms with van der Waals surface area (Å²) in [6, 6.07) is 8.33. The number of carbonyl (C=O) groups is 2. The lowest BCUT2D eigenvalue weighted by Crippen LogP contribution is -2.43. The van der Waals surface area contributed by atoms with E-state index in [2.05, 4.69) is 10.5 Å². The van der Waals surface area contributed by atoms with E-state index in [0.717, 1.165) is 12.0 Å². The van der Waals surface area contributed by atoms with Crippen LogP contribution in [0.2, 0.25) is 5.02 Å². The molecule has 24 heavy (non-hydrogen) atoms. The summed E-state index contributed by atoms with van der Waals surface area (Å²) >= 11 is 5.86. The van der Waals surface area contributed by atoms with Gasteiger partial charge >= 0.3 is 0 Å². The first-order valence-electron chi connectivity index (χ1n) is 7.81. The number of aryl methyl sites for hydroxylation is 1. The second-order valence-electron chi connectivity index (χ2n) is 5.86. The maximum Gasteiger partial charge on any atom is 0.248 e. The Morgan fingerprint density at radius 3 is 2.79 bits per heavy atom.